The normalized spacial score (nSPS) is 18.6. The number of allylic oxidation sites excluding steroid dienone is 9. The van der Waals surface area contributed by atoms with Crippen LogP contribution < -0.4 is 19.0 Å². The molecule has 8 nitrogen and oxygen atoms in total. The van der Waals surface area contributed by atoms with Gasteiger partial charge in [0.15, 0.2) is 5.57 Å². The lowest BCUT2D eigenvalue weighted by atomic mass is 10.1. The summed E-state index contributed by atoms with van der Waals surface area (Å²) in [6, 6.07) is 4.21. The fourth-order valence-electron chi connectivity index (χ4n) is 5.43. The number of fused-ring (bicyclic) bond motifs is 5. The van der Waals surface area contributed by atoms with Crippen LogP contribution in [0.25, 0.3) is 17.2 Å². The van der Waals surface area contributed by atoms with Gasteiger partial charge in [0.05, 0.1) is 48.2 Å². The number of nitrogens with one attached hydrogen (secondary N) is 2. The highest BCUT2D eigenvalue weighted by molar-refractivity contribution is 6.32. The van der Waals surface area contributed by atoms with E-state index in [1.165, 1.54) is 0 Å². The molecule has 40 heavy (non-hydrogen) atoms. The first-order chi connectivity index (χ1) is 18.4. The molecule has 2 N–H and O–H groups in total. The number of imidazole rings is 1. The Morgan fingerprint density at radius 1 is 0.800 bits per heavy atom. The van der Waals surface area contributed by atoms with E-state index in [-0.39, 0.29) is 9.41 Å². The number of H-pyrrole nitrogens is 1. The summed E-state index contributed by atoms with van der Waals surface area (Å²) in [5.74, 6) is 2.13. The first kappa shape index (κ1) is 26.5. The zero-order chi connectivity index (χ0) is 26.0. The van der Waals surface area contributed by atoms with Gasteiger partial charge in [-0.15, -0.1) is 0 Å². The summed E-state index contributed by atoms with van der Waals surface area (Å²) in [5.41, 5.74) is 9.68. The van der Waals surface area contributed by atoms with Gasteiger partial charge in [-0.1, -0.05) is 0 Å². The second-order valence-electron chi connectivity index (χ2n) is 9.89. The summed E-state index contributed by atoms with van der Waals surface area (Å²) in [5, 5.41) is 0. The summed E-state index contributed by atoms with van der Waals surface area (Å²) in [6.45, 7) is 0. The van der Waals surface area contributed by atoms with Crippen molar-refractivity contribution < 1.29 is 19.0 Å². The average Bonchev–Trinajstić information content (AvgIpc) is 3.73. The van der Waals surface area contributed by atoms with Crippen LogP contribution in [0.2, 0.25) is 0 Å². The zero-order valence-corrected chi connectivity index (χ0v) is 22.5. The van der Waals surface area contributed by atoms with Crippen molar-refractivity contribution in [3.8, 4) is 0 Å². The van der Waals surface area contributed by atoms with E-state index in [2.05, 4.69) is 143 Å². The van der Waals surface area contributed by atoms with Crippen molar-refractivity contribution in [2.45, 2.75) is 0 Å². The number of aliphatic imine (C=N–C) groups is 2. The molecule has 2 aromatic rings. The Kier molecular flexibility index (Phi) is 6.54. The first-order valence-corrected chi connectivity index (χ1v) is 12.6. The number of hydrogen-bond acceptors (Lipinski definition) is 4. The molecule has 0 spiro atoms. The third-order valence-electron chi connectivity index (χ3n) is 7.21. The highest BCUT2D eigenvalue weighted by atomic mass is 19.0. The Morgan fingerprint density at radius 3 is 2.15 bits per heavy atom. The predicted octanol–water partition coefficient (Wildman–Crippen LogP) is -4.03. The minimum absolute atomic E-state index is 0. The number of nitrogens with zero attached hydrogens (tertiary/aromatic N) is 6. The molecule has 5 aliphatic heterocycles. The standard InChI is InChI=1S/C30H27N8.2FH/c1-35-13-14-36(2)29(35)27-23-9-5-19(31-23)17-21-7-11-25(33-21)28(30-37(3)15-16-38(30)4)26-12-8-22(34-26)18-20-6-10-24(27)32-20;;/h5-18,31H,1-4H3;2*1H/q+1;;/p-1. The molecular weight excluding hydrogens is 510 g/mol. The van der Waals surface area contributed by atoms with Crippen molar-refractivity contribution in [3.05, 3.63) is 120 Å². The maximum Gasteiger partial charge on any atom is 0.297 e. The van der Waals surface area contributed by atoms with E-state index in [4.69, 9.17) is 9.98 Å². The Hall–Kier alpha value is -5.12. The van der Waals surface area contributed by atoms with Gasteiger partial charge in [-0.3, -0.25) is 0 Å². The van der Waals surface area contributed by atoms with Crippen LogP contribution in [0.3, 0.4) is 0 Å². The smallest absolute Gasteiger partial charge is 0.297 e. The lowest BCUT2D eigenvalue weighted by Crippen LogP contribution is -3.00. The number of aromatic nitrogens is 3. The highest BCUT2D eigenvalue weighted by Gasteiger charge is 2.31. The molecule has 0 atom stereocenters. The third kappa shape index (κ3) is 4.23. The Balaban J connectivity index is 0.00000161. The summed E-state index contributed by atoms with van der Waals surface area (Å²) >= 11 is 0. The van der Waals surface area contributed by atoms with Gasteiger partial charge in [-0.25, -0.2) is 24.1 Å². The minimum Gasteiger partial charge on any atom is -1.00 e. The van der Waals surface area contributed by atoms with Gasteiger partial charge in [-0.05, 0) is 42.5 Å². The second-order valence-corrected chi connectivity index (χ2v) is 9.89. The fraction of sp³-hybridized carbons (Fsp3) is 0.133. The number of rotatable bonds is 1. The third-order valence-corrected chi connectivity index (χ3v) is 7.21. The monoisotopic (exact) mass is 538 g/mol. The van der Waals surface area contributed by atoms with Crippen LogP contribution in [0.5, 0.6) is 0 Å². The molecule has 0 saturated heterocycles. The quantitative estimate of drug-likeness (QED) is 0.364. The van der Waals surface area contributed by atoms with E-state index in [0.29, 0.717) is 0 Å². The van der Waals surface area contributed by atoms with Gasteiger partial charge in [0.1, 0.15) is 18.2 Å². The van der Waals surface area contributed by atoms with Crippen LogP contribution in [0, 0.1) is 0 Å². The Labute approximate surface area is 230 Å². The number of halogens is 2. The van der Waals surface area contributed by atoms with Crippen LogP contribution in [-0.2, 0) is 14.1 Å². The van der Waals surface area contributed by atoms with Gasteiger partial charge in [-0.2, -0.15) is 0 Å². The lowest BCUT2D eigenvalue weighted by molar-refractivity contribution is -0.673. The molecule has 0 unspecified atom stereocenters. The van der Waals surface area contributed by atoms with E-state index in [1.54, 1.807) is 0 Å². The van der Waals surface area contributed by atoms with Gasteiger partial charge in [0.2, 0.25) is 11.4 Å². The lowest BCUT2D eigenvalue weighted by Gasteiger charge is -2.22. The molecule has 0 aliphatic carbocycles. The van der Waals surface area contributed by atoms with E-state index < -0.39 is 0 Å². The van der Waals surface area contributed by atoms with Crippen molar-refractivity contribution in [2.24, 2.45) is 24.1 Å². The maximum atomic E-state index is 5.04. The van der Waals surface area contributed by atoms with Crippen molar-refractivity contribution in [2.75, 3.05) is 14.1 Å². The fourth-order valence-corrected chi connectivity index (χ4v) is 5.43. The van der Waals surface area contributed by atoms with E-state index >= 15 is 0 Å². The van der Waals surface area contributed by atoms with Crippen LogP contribution >= 0.6 is 0 Å². The van der Waals surface area contributed by atoms with Crippen LogP contribution in [0.4, 0.5) is 0 Å². The predicted molar refractivity (Wildman–Crippen MR) is 150 cm³/mol. The molecule has 0 radical (unpaired) electrons. The number of aryl methyl sites for hydroxylation is 2. The van der Waals surface area contributed by atoms with Crippen LogP contribution in [0.15, 0.2) is 112 Å². The molecule has 8 bridgehead atoms. The summed E-state index contributed by atoms with van der Waals surface area (Å²) < 4.78 is 4.25. The largest absolute Gasteiger partial charge is 1.00 e. The summed E-state index contributed by atoms with van der Waals surface area (Å²) in [6.07, 6.45) is 24.9. The second kappa shape index (κ2) is 9.88. The molecular formula is C30H28F2N8. The molecule has 0 aromatic carbocycles. The van der Waals surface area contributed by atoms with E-state index in [9.17, 15) is 0 Å². The molecule has 10 heteroatoms. The molecule has 2 aromatic heterocycles. The Bertz CT molecular complexity index is 1730. The SMILES string of the molecule is CN1C=CN(C)C1=C1C2=NC(=CC3=[NH+]C(=C(c4n(C)cc[n+]4C)C4=NC(=Cc5ccc1[nH]5)C=C4)C=C3)C=C2.[F-].[F-]. The summed E-state index contributed by atoms with van der Waals surface area (Å²) in [7, 11) is 8.24. The zero-order valence-electron chi connectivity index (χ0n) is 22.5. The first-order valence-electron chi connectivity index (χ1n) is 12.6. The average molecular weight is 539 g/mol. The van der Waals surface area contributed by atoms with Gasteiger partial charge in [0, 0.05) is 50.4 Å². The van der Waals surface area contributed by atoms with Crippen molar-refractivity contribution in [3.63, 3.8) is 0 Å². The molecule has 5 aliphatic rings. The van der Waals surface area contributed by atoms with E-state index in [0.717, 1.165) is 68.4 Å². The van der Waals surface area contributed by atoms with Crippen molar-refractivity contribution in [1.29, 1.82) is 0 Å². The van der Waals surface area contributed by atoms with Gasteiger partial charge >= 0.3 is 0 Å². The van der Waals surface area contributed by atoms with Crippen molar-refractivity contribution >= 4 is 34.4 Å². The molecule has 7 rings (SSSR count). The minimum atomic E-state index is 0. The number of aromatic amines is 1. The number of hydrogen-bond donors (Lipinski definition) is 2. The Morgan fingerprint density at radius 2 is 1.48 bits per heavy atom. The molecule has 0 amide bonds. The molecule has 7 heterocycles. The van der Waals surface area contributed by atoms with Crippen LogP contribution in [-0.4, -0.2) is 50.6 Å². The topological polar surface area (TPSA) is 69.8 Å². The van der Waals surface area contributed by atoms with E-state index in [1.807, 2.05) is 0 Å². The van der Waals surface area contributed by atoms with Crippen LogP contribution in [0.1, 0.15) is 17.2 Å². The van der Waals surface area contributed by atoms with Gasteiger partial charge in [0.25, 0.3) is 5.82 Å². The molecule has 0 saturated carbocycles. The van der Waals surface area contributed by atoms with Crippen molar-refractivity contribution in [1.82, 2.24) is 19.4 Å². The summed E-state index contributed by atoms with van der Waals surface area (Å²) in [4.78, 5) is 21.6. The molecule has 0 fully saturated rings. The highest BCUT2D eigenvalue weighted by Crippen LogP contribution is 2.31. The molecule has 202 valence electrons. The maximum absolute atomic E-state index is 5.04. The van der Waals surface area contributed by atoms with Gasteiger partial charge < -0.3 is 24.2 Å².